The molecule has 0 spiro atoms. The van der Waals surface area contributed by atoms with Crippen LogP contribution in [0.25, 0.3) is 21.7 Å². The number of hydrogen-bond acceptors (Lipinski definition) is 5. The molecular formula is C17H13NO5S. The molecule has 0 aliphatic carbocycles. The Labute approximate surface area is 137 Å². The molecule has 3 rings (SSSR count). The fourth-order valence-electron chi connectivity index (χ4n) is 2.31. The molecule has 0 unspecified atom stereocenters. The highest BCUT2D eigenvalue weighted by Crippen LogP contribution is 2.26. The Bertz CT molecular complexity index is 1170. The second-order valence-electron chi connectivity index (χ2n) is 5.23. The summed E-state index contributed by atoms with van der Waals surface area (Å²) < 4.78 is 29.4. The maximum atomic E-state index is 12.1. The van der Waals surface area contributed by atoms with Crippen molar-refractivity contribution in [1.29, 1.82) is 0 Å². The topological polar surface area (TPSA) is 96.6 Å². The maximum absolute atomic E-state index is 12.1. The van der Waals surface area contributed by atoms with Gasteiger partial charge in [-0.25, -0.2) is 17.9 Å². The summed E-state index contributed by atoms with van der Waals surface area (Å²) >= 11 is 0. The zero-order chi connectivity index (χ0) is 17.3. The van der Waals surface area contributed by atoms with E-state index in [0.29, 0.717) is 27.3 Å². The number of nitrogens with one attached hydrogen (secondary N) is 1. The van der Waals surface area contributed by atoms with Crippen LogP contribution in [-0.2, 0) is 10.0 Å². The fraction of sp³-hybridized carbons (Fsp3) is 0.118. The van der Waals surface area contributed by atoms with Crippen LogP contribution >= 0.6 is 0 Å². The summed E-state index contributed by atoms with van der Waals surface area (Å²) in [7, 11) is -3.29. The Morgan fingerprint density at radius 2 is 1.88 bits per heavy atom. The predicted molar refractivity (Wildman–Crippen MR) is 91.4 cm³/mol. The summed E-state index contributed by atoms with van der Waals surface area (Å²) in [6.45, 7) is -0.0114. The van der Waals surface area contributed by atoms with E-state index in [4.69, 9.17) is 4.42 Å². The number of benzene rings is 2. The van der Waals surface area contributed by atoms with Crippen molar-refractivity contribution in [3.05, 3.63) is 52.4 Å². The van der Waals surface area contributed by atoms with Crippen molar-refractivity contribution >= 4 is 31.8 Å². The third-order valence-corrected chi connectivity index (χ3v) is 4.02. The minimum Gasteiger partial charge on any atom is -0.508 e. The van der Waals surface area contributed by atoms with Crippen LogP contribution in [0.1, 0.15) is 5.56 Å². The predicted octanol–water partition coefficient (Wildman–Crippen LogP) is 1.55. The standard InChI is InChI=1S/C17H13NO5S/c1-24(21,22)18-8-2-3-11-4-6-13-14-7-5-12(19)10-16(14)23-17(20)15(13)9-11/h4-7,9-10,18-19H,8H2,1H3. The highest BCUT2D eigenvalue weighted by Gasteiger charge is 2.08. The average Bonchev–Trinajstić information content (AvgIpc) is 2.50. The zero-order valence-electron chi connectivity index (χ0n) is 12.7. The number of fused-ring (bicyclic) bond motifs is 3. The van der Waals surface area contributed by atoms with Crippen LogP contribution in [-0.4, -0.2) is 26.3 Å². The third kappa shape index (κ3) is 3.40. The van der Waals surface area contributed by atoms with Gasteiger partial charge < -0.3 is 9.52 Å². The molecule has 0 bridgehead atoms. The lowest BCUT2D eigenvalue weighted by Crippen LogP contribution is -2.21. The van der Waals surface area contributed by atoms with Gasteiger partial charge in [0.05, 0.1) is 18.2 Å². The Morgan fingerprint density at radius 3 is 2.62 bits per heavy atom. The summed E-state index contributed by atoms with van der Waals surface area (Å²) in [4.78, 5) is 12.1. The largest absolute Gasteiger partial charge is 0.508 e. The van der Waals surface area contributed by atoms with Gasteiger partial charge in [-0.3, -0.25) is 0 Å². The van der Waals surface area contributed by atoms with Crippen LogP contribution in [0.15, 0.2) is 45.6 Å². The lowest BCUT2D eigenvalue weighted by Gasteiger charge is -2.03. The summed E-state index contributed by atoms with van der Waals surface area (Å²) in [5.41, 5.74) is 0.355. The Balaban J connectivity index is 2.05. The lowest BCUT2D eigenvalue weighted by atomic mass is 10.0. The van der Waals surface area contributed by atoms with Crippen molar-refractivity contribution in [1.82, 2.24) is 4.72 Å². The minimum atomic E-state index is -3.29. The van der Waals surface area contributed by atoms with Gasteiger partial charge in [-0.15, -0.1) is 0 Å². The number of rotatable bonds is 2. The van der Waals surface area contributed by atoms with E-state index in [1.165, 1.54) is 12.1 Å². The Morgan fingerprint density at radius 1 is 1.12 bits per heavy atom. The van der Waals surface area contributed by atoms with Gasteiger partial charge in [0.2, 0.25) is 10.0 Å². The van der Waals surface area contributed by atoms with Crippen molar-refractivity contribution in [2.45, 2.75) is 0 Å². The van der Waals surface area contributed by atoms with Crippen LogP contribution < -0.4 is 10.3 Å². The minimum absolute atomic E-state index is 0.0114. The normalized spacial score (nSPS) is 11.4. The van der Waals surface area contributed by atoms with Gasteiger partial charge in [0, 0.05) is 22.4 Å². The van der Waals surface area contributed by atoms with Gasteiger partial charge >= 0.3 is 5.63 Å². The van der Waals surface area contributed by atoms with Crippen LogP contribution in [0, 0.1) is 11.8 Å². The monoisotopic (exact) mass is 343 g/mol. The number of phenols is 1. The molecule has 0 saturated carbocycles. The first-order valence-corrected chi connectivity index (χ1v) is 8.86. The number of sulfonamides is 1. The second-order valence-corrected chi connectivity index (χ2v) is 7.06. The lowest BCUT2D eigenvalue weighted by molar-refractivity contribution is 0.473. The van der Waals surface area contributed by atoms with E-state index in [1.54, 1.807) is 24.3 Å². The summed E-state index contributed by atoms with van der Waals surface area (Å²) in [6, 6.07) is 9.67. The molecule has 24 heavy (non-hydrogen) atoms. The number of aromatic hydroxyl groups is 1. The van der Waals surface area contributed by atoms with E-state index in [-0.39, 0.29) is 12.3 Å². The molecule has 7 heteroatoms. The molecule has 1 aromatic heterocycles. The van der Waals surface area contributed by atoms with Crippen LogP contribution in [0.4, 0.5) is 0 Å². The first-order chi connectivity index (χ1) is 11.3. The molecule has 0 aliphatic rings. The van der Waals surface area contributed by atoms with E-state index >= 15 is 0 Å². The first-order valence-electron chi connectivity index (χ1n) is 6.96. The Kier molecular flexibility index (Phi) is 4.01. The number of phenolic OH excluding ortho intramolecular Hbond substituents is 1. The molecule has 0 aliphatic heterocycles. The SMILES string of the molecule is CS(=O)(=O)NCC#Cc1ccc2c(c1)c(=O)oc1cc(O)ccc12. The molecule has 0 radical (unpaired) electrons. The van der Waals surface area contributed by atoms with E-state index in [9.17, 15) is 18.3 Å². The highest BCUT2D eigenvalue weighted by atomic mass is 32.2. The smallest absolute Gasteiger partial charge is 0.344 e. The molecule has 3 aromatic rings. The molecule has 1 heterocycles. The molecule has 0 fully saturated rings. The Hall–Kier alpha value is -2.82. The molecule has 122 valence electrons. The van der Waals surface area contributed by atoms with Crippen molar-refractivity contribution in [3.63, 3.8) is 0 Å². The molecule has 6 nitrogen and oxygen atoms in total. The van der Waals surface area contributed by atoms with Gasteiger partial charge in [0.25, 0.3) is 0 Å². The van der Waals surface area contributed by atoms with Crippen LogP contribution in [0.3, 0.4) is 0 Å². The fourth-order valence-corrected chi connectivity index (χ4v) is 2.65. The van der Waals surface area contributed by atoms with E-state index in [1.807, 2.05) is 0 Å². The second kappa shape index (κ2) is 6.00. The zero-order valence-corrected chi connectivity index (χ0v) is 13.5. The quantitative estimate of drug-likeness (QED) is 0.418. The van der Waals surface area contributed by atoms with Crippen molar-refractivity contribution in [2.75, 3.05) is 12.8 Å². The molecule has 0 saturated heterocycles. The van der Waals surface area contributed by atoms with Crippen molar-refractivity contribution in [3.8, 4) is 17.6 Å². The van der Waals surface area contributed by atoms with Crippen molar-refractivity contribution in [2.24, 2.45) is 0 Å². The molecule has 0 amide bonds. The highest BCUT2D eigenvalue weighted by molar-refractivity contribution is 7.88. The summed E-state index contributed by atoms with van der Waals surface area (Å²) in [6.07, 6.45) is 1.05. The van der Waals surface area contributed by atoms with Crippen molar-refractivity contribution < 1.29 is 17.9 Å². The first kappa shape index (κ1) is 16.1. The maximum Gasteiger partial charge on any atom is 0.344 e. The van der Waals surface area contributed by atoms with Crippen LogP contribution in [0.5, 0.6) is 5.75 Å². The summed E-state index contributed by atoms with van der Waals surface area (Å²) in [5, 5.41) is 11.3. The van der Waals surface area contributed by atoms with Gasteiger partial charge in [-0.1, -0.05) is 17.9 Å². The van der Waals surface area contributed by atoms with Gasteiger partial charge in [0.15, 0.2) is 0 Å². The van der Waals surface area contributed by atoms with Gasteiger partial charge in [0.1, 0.15) is 11.3 Å². The third-order valence-electron chi connectivity index (χ3n) is 3.35. The average molecular weight is 343 g/mol. The molecule has 2 N–H and O–H groups in total. The molecule has 0 atom stereocenters. The molecular weight excluding hydrogens is 330 g/mol. The van der Waals surface area contributed by atoms with E-state index in [0.717, 1.165) is 6.26 Å². The van der Waals surface area contributed by atoms with E-state index < -0.39 is 15.6 Å². The van der Waals surface area contributed by atoms with E-state index in [2.05, 4.69) is 16.6 Å². The molecule has 2 aromatic carbocycles. The summed E-state index contributed by atoms with van der Waals surface area (Å²) in [5.74, 6) is 5.50. The number of hydrogen-bond donors (Lipinski definition) is 2. The van der Waals surface area contributed by atoms with Gasteiger partial charge in [-0.2, -0.15) is 0 Å². The van der Waals surface area contributed by atoms with Gasteiger partial charge in [-0.05, 0) is 24.3 Å². The van der Waals surface area contributed by atoms with Crippen LogP contribution in [0.2, 0.25) is 0 Å².